The fraction of sp³-hybridized carbons (Fsp3) is 0.0714. The first kappa shape index (κ1) is 13.9. The highest BCUT2D eigenvalue weighted by Gasteiger charge is 2.13. The zero-order valence-corrected chi connectivity index (χ0v) is 14.0. The van der Waals surface area contributed by atoms with Gasteiger partial charge < -0.3 is 9.97 Å². The molecule has 3 aromatic rings. The molecule has 0 spiro atoms. The first-order chi connectivity index (χ1) is 9.54. The van der Waals surface area contributed by atoms with Gasteiger partial charge in [0.2, 0.25) is 0 Å². The second kappa shape index (κ2) is 5.39. The highest BCUT2D eigenvalue weighted by molar-refractivity contribution is 9.10. The van der Waals surface area contributed by atoms with E-state index in [2.05, 4.69) is 41.8 Å². The van der Waals surface area contributed by atoms with Gasteiger partial charge in [0.1, 0.15) is 0 Å². The second-order valence-corrected chi connectivity index (χ2v) is 6.60. The Balaban J connectivity index is 2.04. The number of nitrogens with one attached hydrogen (secondary N) is 2. The number of hydrogen-bond acceptors (Lipinski definition) is 1. The number of H-pyrrole nitrogens is 2. The number of aromatic nitrogens is 2. The van der Waals surface area contributed by atoms with Crippen LogP contribution in [0.2, 0.25) is 5.02 Å². The maximum absolute atomic E-state index is 11.3. The molecule has 0 saturated carbocycles. The minimum atomic E-state index is -0.197. The van der Waals surface area contributed by atoms with E-state index in [4.69, 9.17) is 11.6 Å². The maximum atomic E-state index is 11.3. The number of fused-ring (bicyclic) bond motifs is 1. The van der Waals surface area contributed by atoms with Crippen LogP contribution in [0.3, 0.4) is 0 Å². The minimum Gasteiger partial charge on any atom is -0.306 e. The third-order valence-electron chi connectivity index (χ3n) is 3.07. The van der Waals surface area contributed by atoms with Gasteiger partial charge in [-0.2, -0.15) is 0 Å². The van der Waals surface area contributed by atoms with Crippen LogP contribution in [0.25, 0.3) is 11.0 Å². The zero-order chi connectivity index (χ0) is 14.3. The van der Waals surface area contributed by atoms with Crippen LogP contribution in [0.4, 0.5) is 0 Å². The van der Waals surface area contributed by atoms with E-state index >= 15 is 0 Å². The normalized spacial score (nSPS) is 12.8. The molecule has 102 valence electrons. The van der Waals surface area contributed by atoms with E-state index in [-0.39, 0.29) is 10.5 Å². The Morgan fingerprint density at radius 2 is 1.65 bits per heavy atom. The third kappa shape index (κ3) is 2.57. The van der Waals surface area contributed by atoms with Crippen LogP contribution in [0, 0.1) is 0 Å². The Hall–Kier alpha value is -1.04. The molecule has 1 heterocycles. The van der Waals surface area contributed by atoms with Crippen molar-refractivity contribution in [2.45, 2.75) is 4.83 Å². The topological polar surface area (TPSA) is 48.6 Å². The van der Waals surface area contributed by atoms with Crippen molar-refractivity contribution in [3.8, 4) is 0 Å². The van der Waals surface area contributed by atoms with Crippen LogP contribution in [-0.2, 0) is 0 Å². The molecule has 0 radical (unpaired) electrons. The molecule has 0 fully saturated rings. The molecule has 1 unspecified atom stereocenters. The molecular weight excluding hydrogens is 407 g/mol. The predicted octanol–water partition coefficient (Wildman–Crippen LogP) is 4.76. The average molecular weight is 416 g/mol. The summed E-state index contributed by atoms with van der Waals surface area (Å²) < 4.78 is 0.859. The van der Waals surface area contributed by atoms with E-state index in [1.54, 1.807) is 0 Å². The lowest BCUT2D eigenvalue weighted by atomic mass is 10.0. The average Bonchev–Trinajstić information content (AvgIpc) is 2.80. The molecule has 0 bridgehead atoms. The fourth-order valence-corrected chi connectivity index (χ4v) is 3.15. The van der Waals surface area contributed by atoms with Crippen LogP contribution in [-0.4, -0.2) is 9.97 Å². The van der Waals surface area contributed by atoms with Gasteiger partial charge in [0.05, 0.1) is 20.9 Å². The van der Waals surface area contributed by atoms with Crippen molar-refractivity contribution >= 4 is 54.5 Å². The molecule has 20 heavy (non-hydrogen) atoms. The molecule has 1 atom stereocenters. The highest BCUT2D eigenvalue weighted by atomic mass is 79.9. The lowest BCUT2D eigenvalue weighted by Crippen LogP contribution is -1.99. The Kier molecular flexibility index (Phi) is 3.75. The summed E-state index contributed by atoms with van der Waals surface area (Å²) in [6.07, 6.45) is 0. The predicted molar refractivity (Wildman–Crippen MR) is 88.8 cm³/mol. The molecule has 0 amide bonds. The van der Waals surface area contributed by atoms with Gasteiger partial charge in [0, 0.05) is 4.47 Å². The van der Waals surface area contributed by atoms with Crippen molar-refractivity contribution < 1.29 is 0 Å². The van der Waals surface area contributed by atoms with Crippen molar-refractivity contribution in [1.29, 1.82) is 0 Å². The maximum Gasteiger partial charge on any atom is 0.323 e. The SMILES string of the molecule is O=c1[nH]c2ccc(C(Br)c3ccc(Cl)c(Br)c3)cc2[nH]1. The fourth-order valence-electron chi connectivity index (χ4n) is 2.07. The summed E-state index contributed by atoms with van der Waals surface area (Å²) in [5.41, 5.74) is 3.54. The smallest absolute Gasteiger partial charge is 0.306 e. The number of hydrogen-bond donors (Lipinski definition) is 2. The Bertz CT molecular complexity index is 841. The second-order valence-electron chi connectivity index (χ2n) is 4.42. The zero-order valence-electron chi connectivity index (χ0n) is 10.1. The molecule has 6 heteroatoms. The van der Waals surface area contributed by atoms with Gasteiger partial charge in [-0.15, -0.1) is 0 Å². The minimum absolute atomic E-state index is 0.0267. The lowest BCUT2D eigenvalue weighted by Gasteiger charge is -2.11. The van der Waals surface area contributed by atoms with Crippen LogP contribution >= 0.6 is 43.5 Å². The molecule has 0 saturated heterocycles. The van der Waals surface area contributed by atoms with Crippen LogP contribution in [0.1, 0.15) is 16.0 Å². The van der Waals surface area contributed by atoms with Crippen molar-refractivity contribution in [2.75, 3.05) is 0 Å². The van der Waals surface area contributed by atoms with Crippen molar-refractivity contribution in [3.63, 3.8) is 0 Å². The van der Waals surface area contributed by atoms with E-state index in [1.807, 2.05) is 36.4 Å². The van der Waals surface area contributed by atoms with Crippen LogP contribution < -0.4 is 5.69 Å². The molecule has 2 N–H and O–H groups in total. The summed E-state index contributed by atoms with van der Waals surface area (Å²) in [5, 5.41) is 0.680. The highest BCUT2D eigenvalue weighted by Crippen LogP contribution is 2.35. The standard InChI is InChI=1S/C14H9Br2ClN2O/c15-9-5-7(1-3-10(9)17)13(16)8-2-4-11-12(6-8)19-14(20)18-11/h1-6,13H,(H2,18,19,20). The van der Waals surface area contributed by atoms with E-state index < -0.39 is 0 Å². The molecule has 1 aromatic heterocycles. The summed E-state index contributed by atoms with van der Waals surface area (Å²) in [5.74, 6) is 0. The molecule has 0 aliphatic rings. The summed E-state index contributed by atoms with van der Waals surface area (Å²) in [6, 6.07) is 11.6. The van der Waals surface area contributed by atoms with Gasteiger partial charge in [-0.05, 0) is 51.3 Å². The number of aromatic amines is 2. The summed E-state index contributed by atoms with van der Waals surface area (Å²) >= 11 is 13.1. The van der Waals surface area contributed by atoms with E-state index in [9.17, 15) is 4.79 Å². The Labute approximate surface area is 136 Å². The number of halogens is 3. The van der Waals surface area contributed by atoms with Crippen LogP contribution in [0.15, 0.2) is 45.7 Å². The van der Waals surface area contributed by atoms with Gasteiger partial charge in [0.15, 0.2) is 0 Å². The number of benzene rings is 2. The molecule has 0 aliphatic carbocycles. The third-order valence-corrected chi connectivity index (χ3v) is 5.34. The molecule has 3 nitrogen and oxygen atoms in total. The summed E-state index contributed by atoms with van der Waals surface area (Å²) in [4.78, 5) is 16.8. The Morgan fingerprint density at radius 1 is 1.00 bits per heavy atom. The molecule has 2 aromatic carbocycles. The van der Waals surface area contributed by atoms with E-state index in [0.717, 1.165) is 26.6 Å². The number of rotatable bonds is 2. The van der Waals surface area contributed by atoms with Crippen molar-refractivity contribution in [2.24, 2.45) is 0 Å². The van der Waals surface area contributed by atoms with E-state index in [0.29, 0.717) is 5.02 Å². The van der Waals surface area contributed by atoms with Gasteiger partial charge in [-0.25, -0.2) is 4.79 Å². The van der Waals surface area contributed by atoms with E-state index in [1.165, 1.54) is 0 Å². The molecular formula is C14H9Br2ClN2O. The first-order valence-electron chi connectivity index (χ1n) is 5.85. The van der Waals surface area contributed by atoms with Gasteiger partial charge >= 0.3 is 5.69 Å². The monoisotopic (exact) mass is 414 g/mol. The largest absolute Gasteiger partial charge is 0.323 e. The van der Waals surface area contributed by atoms with Gasteiger partial charge in [-0.3, -0.25) is 0 Å². The quantitative estimate of drug-likeness (QED) is 0.582. The van der Waals surface area contributed by atoms with Gasteiger partial charge in [0.25, 0.3) is 0 Å². The van der Waals surface area contributed by atoms with Crippen LogP contribution in [0.5, 0.6) is 0 Å². The van der Waals surface area contributed by atoms with Crippen molar-refractivity contribution in [3.05, 3.63) is 67.5 Å². The number of alkyl halides is 1. The Morgan fingerprint density at radius 3 is 2.40 bits per heavy atom. The molecule has 0 aliphatic heterocycles. The number of imidazole rings is 1. The first-order valence-corrected chi connectivity index (χ1v) is 7.94. The molecule has 3 rings (SSSR count). The lowest BCUT2D eigenvalue weighted by molar-refractivity contribution is 1.18. The van der Waals surface area contributed by atoms with Gasteiger partial charge in [-0.1, -0.05) is 39.7 Å². The summed E-state index contributed by atoms with van der Waals surface area (Å²) in [6.45, 7) is 0. The summed E-state index contributed by atoms with van der Waals surface area (Å²) in [7, 11) is 0. The van der Waals surface area contributed by atoms with Crippen molar-refractivity contribution in [1.82, 2.24) is 9.97 Å².